The van der Waals surface area contributed by atoms with Crippen LogP contribution in [0.3, 0.4) is 0 Å². The highest BCUT2D eigenvalue weighted by molar-refractivity contribution is 7.99. The summed E-state index contributed by atoms with van der Waals surface area (Å²) in [6.45, 7) is 4.90. The van der Waals surface area contributed by atoms with Gasteiger partial charge in [-0.2, -0.15) is 11.8 Å². The van der Waals surface area contributed by atoms with Crippen molar-refractivity contribution in [3.8, 4) is 11.5 Å². The van der Waals surface area contributed by atoms with Gasteiger partial charge in [-0.25, -0.2) is 17.7 Å². The van der Waals surface area contributed by atoms with Crippen LogP contribution in [-0.2, 0) is 16.6 Å². The van der Waals surface area contributed by atoms with Crippen LogP contribution < -0.4 is 20.1 Å². The molecule has 3 rings (SSSR count). The van der Waals surface area contributed by atoms with Crippen LogP contribution in [0.4, 0.5) is 0 Å². The van der Waals surface area contributed by atoms with Gasteiger partial charge in [0.15, 0.2) is 17.5 Å². The van der Waals surface area contributed by atoms with Crippen LogP contribution in [0.5, 0.6) is 11.5 Å². The summed E-state index contributed by atoms with van der Waals surface area (Å²) < 4.78 is 37.1. The molecule has 1 aromatic carbocycles. The zero-order valence-electron chi connectivity index (χ0n) is 15.4. The Morgan fingerprint density at radius 1 is 1.22 bits per heavy atom. The average molecular weight is 415 g/mol. The molecule has 0 aromatic heterocycles. The molecule has 0 spiro atoms. The van der Waals surface area contributed by atoms with Crippen LogP contribution in [0.1, 0.15) is 12.5 Å². The van der Waals surface area contributed by atoms with Gasteiger partial charge in [-0.3, -0.25) is 0 Å². The van der Waals surface area contributed by atoms with E-state index in [9.17, 15) is 8.42 Å². The van der Waals surface area contributed by atoms with Crippen molar-refractivity contribution in [3.63, 3.8) is 0 Å². The summed E-state index contributed by atoms with van der Waals surface area (Å²) >= 11 is 1.79. The molecular weight excluding hydrogens is 388 g/mol. The van der Waals surface area contributed by atoms with Crippen LogP contribution in [0.2, 0.25) is 0 Å². The first-order valence-corrected chi connectivity index (χ1v) is 11.8. The number of benzene rings is 1. The molecule has 1 fully saturated rings. The molecule has 27 heavy (non-hydrogen) atoms. The maximum atomic E-state index is 12.4. The second-order valence-electron chi connectivity index (χ2n) is 6.14. The molecule has 2 aliphatic rings. The molecule has 2 N–H and O–H groups in total. The number of aliphatic imine (C=N–C) groups is 1. The fourth-order valence-electron chi connectivity index (χ4n) is 2.80. The first-order valence-electron chi connectivity index (χ1n) is 9.05. The van der Waals surface area contributed by atoms with Crippen molar-refractivity contribution >= 4 is 27.7 Å². The number of hydrogen-bond acceptors (Lipinski definition) is 6. The number of fused-ring (bicyclic) bond motifs is 1. The molecule has 0 saturated carbocycles. The summed E-state index contributed by atoms with van der Waals surface area (Å²) in [6, 6.07) is 5.73. The maximum Gasteiger partial charge on any atom is 0.231 e. The topological polar surface area (TPSA) is 92.3 Å². The van der Waals surface area contributed by atoms with Crippen LogP contribution in [0.15, 0.2) is 23.2 Å². The molecule has 1 saturated heterocycles. The lowest BCUT2D eigenvalue weighted by Crippen LogP contribution is -2.44. The third-order valence-corrected chi connectivity index (χ3v) is 7.03. The Labute approximate surface area is 164 Å². The van der Waals surface area contributed by atoms with E-state index in [1.165, 1.54) is 0 Å². The highest BCUT2D eigenvalue weighted by Crippen LogP contribution is 2.32. The zero-order chi connectivity index (χ0) is 19.1. The summed E-state index contributed by atoms with van der Waals surface area (Å²) in [6.07, 6.45) is 0. The summed E-state index contributed by atoms with van der Waals surface area (Å²) in [5.74, 6) is 3.87. The van der Waals surface area contributed by atoms with E-state index in [0.717, 1.165) is 28.6 Å². The number of nitrogens with zero attached hydrogens (tertiary/aromatic N) is 2. The van der Waals surface area contributed by atoms with E-state index >= 15 is 0 Å². The predicted octanol–water partition coefficient (Wildman–Crippen LogP) is 0.849. The van der Waals surface area contributed by atoms with Gasteiger partial charge < -0.3 is 20.1 Å². The monoisotopic (exact) mass is 414 g/mol. The van der Waals surface area contributed by atoms with E-state index in [0.29, 0.717) is 38.7 Å². The Kier molecular flexibility index (Phi) is 7.08. The Bertz CT molecular complexity index is 764. The fraction of sp³-hybridized carbons (Fsp3) is 0.588. The second-order valence-corrected chi connectivity index (χ2v) is 9.45. The van der Waals surface area contributed by atoms with E-state index in [4.69, 9.17) is 9.47 Å². The van der Waals surface area contributed by atoms with Crippen LogP contribution in [0.25, 0.3) is 0 Å². The Hall–Kier alpha value is -1.65. The molecule has 2 aliphatic heterocycles. The SMILES string of the molecule is CCNC(=NCc1ccc2c(c1)OCO2)NCCS(=O)(=O)N1CCSCC1. The molecule has 0 unspecified atom stereocenters. The Morgan fingerprint density at radius 3 is 2.78 bits per heavy atom. The van der Waals surface area contributed by atoms with Crippen molar-refractivity contribution in [2.24, 2.45) is 4.99 Å². The van der Waals surface area contributed by atoms with E-state index < -0.39 is 10.0 Å². The van der Waals surface area contributed by atoms with Gasteiger partial charge in [0.25, 0.3) is 0 Å². The quantitative estimate of drug-likeness (QED) is 0.505. The van der Waals surface area contributed by atoms with Crippen molar-refractivity contribution in [1.29, 1.82) is 0 Å². The molecule has 10 heteroatoms. The third kappa shape index (κ3) is 5.66. The van der Waals surface area contributed by atoms with Crippen molar-refractivity contribution in [1.82, 2.24) is 14.9 Å². The van der Waals surface area contributed by atoms with Gasteiger partial charge in [0, 0.05) is 37.7 Å². The predicted molar refractivity (Wildman–Crippen MR) is 108 cm³/mol. The van der Waals surface area contributed by atoms with Gasteiger partial charge in [-0.15, -0.1) is 0 Å². The van der Waals surface area contributed by atoms with Crippen molar-refractivity contribution in [2.45, 2.75) is 13.5 Å². The molecular formula is C17H26N4O4S2. The number of sulfonamides is 1. The van der Waals surface area contributed by atoms with Crippen LogP contribution >= 0.6 is 11.8 Å². The van der Waals surface area contributed by atoms with E-state index in [-0.39, 0.29) is 12.5 Å². The second kappa shape index (κ2) is 9.52. The molecule has 0 radical (unpaired) electrons. The molecule has 0 aliphatic carbocycles. The lowest BCUT2D eigenvalue weighted by atomic mass is 10.2. The molecule has 0 amide bonds. The first kappa shape index (κ1) is 20.1. The van der Waals surface area contributed by atoms with Crippen molar-refractivity contribution < 1.29 is 17.9 Å². The van der Waals surface area contributed by atoms with Gasteiger partial charge in [-0.05, 0) is 24.6 Å². The van der Waals surface area contributed by atoms with Crippen molar-refractivity contribution in [3.05, 3.63) is 23.8 Å². The normalized spacial score (nSPS) is 17.7. The standard InChI is InChI=1S/C17H26N4O4S2/c1-2-18-17(19-5-10-27(22,23)21-6-8-26-9-7-21)20-12-14-3-4-15-16(11-14)25-13-24-15/h3-4,11H,2,5-10,12-13H2,1H3,(H2,18,19,20). The van der Waals surface area contributed by atoms with Gasteiger partial charge in [-0.1, -0.05) is 6.07 Å². The largest absolute Gasteiger partial charge is 0.454 e. The third-order valence-electron chi connectivity index (χ3n) is 4.22. The Balaban J connectivity index is 1.53. The van der Waals surface area contributed by atoms with Gasteiger partial charge >= 0.3 is 0 Å². The minimum absolute atomic E-state index is 0.0616. The average Bonchev–Trinajstić information content (AvgIpc) is 3.14. The van der Waals surface area contributed by atoms with Gasteiger partial charge in [0.1, 0.15) is 0 Å². The number of thioether (sulfide) groups is 1. The zero-order valence-corrected chi connectivity index (χ0v) is 17.1. The molecule has 1 aromatic rings. The summed E-state index contributed by atoms with van der Waals surface area (Å²) in [5.41, 5.74) is 0.995. The molecule has 150 valence electrons. The van der Waals surface area contributed by atoms with E-state index in [1.54, 1.807) is 16.1 Å². The van der Waals surface area contributed by atoms with Crippen LogP contribution in [0, 0.1) is 0 Å². The first-order chi connectivity index (χ1) is 13.1. The minimum Gasteiger partial charge on any atom is -0.454 e. The number of guanidine groups is 1. The highest BCUT2D eigenvalue weighted by atomic mass is 32.2. The van der Waals surface area contributed by atoms with Crippen molar-refractivity contribution in [2.75, 3.05) is 50.2 Å². The van der Waals surface area contributed by atoms with Gasteiger partial charge in [0.05, 0.1) is 12.3 Å². The summed E-state index contributed by atoms with van der Waals surface area (Å²) in [4.78, 5) is 4.53. The fourth-order valence-corrected chi connectivity index (χ4v) is 5.30. The van der Waals surface area contributed by atoms with Crippen LogP contribution in [-0.4, -0.2) is 68.9 Å². The Morgan fingerprint density at radius 2 is 2.00 bits per heavy atom. The minimum atomic E-state index is -3.22. The molecule has 8 nitrogen and oxygen atoms in total. The lowest BCUT2D eigenvalue weighted by molar-refractivity contribution is 0.174. The molecule has 2 heterocycles. The van der Waals surface area contributed by atoms with E-state index in [2.05, 4.69) is 15.6 Å². The smallest absolute Gasteiger partial charge is 0.231 e. The summed E-state index contributed by atoms with van der Waals surface area (Å²) in [7, 11) is -3.22. The summed E-state index contributed by atoms with van der Waals surface area (Å²) in [5, 5.41) is 6.25. The number of ether oxygens (including phenoxy) is 2. The number of hydrogen-bond donors (Lipinski definition) is 2. The number of rotatable bonds is 7. The highest BCUT2D eigenvalue weighted by Gasteiger charge is 2.23. The van der Waals surface area contributed by atoms with Gasteiger partial charge in [0.2, 0.25) is 16.8 Å². The lowest BCUT2D eigenvalue weighted by Gasteiger charge is -2.25. The molecule has 0 atom stereocenters. The number of nitrogens with one attached hydrogen (secondary N) is 2. The maximum absolute atomic E-state index is 12.4. The molecule has 0 bridgehead atoms. The van der Waals surface area contributed by atoms with E-state index in [1.807, 2.05) is 25.1 Å².